The first-order valence-corrected chi connectivity index (χ1v) is 8.55. The van der Waals surface area contributed by atoms with E-state index in [4.69, 9.17) is 5.73 Å². The van der Waals surface area contributed by atoms with Crippen LogP contribution in [-0.2, 0) is 4.79 Å². The Balaban J connectivity index is 1.91. The lowest BCUT2D eigenvalue weighted by Gasteiger charge is -2.31. The molecule has 4 N–H and O–H groups in total. The molecule has 0 aromatic carbocycles. The average Bonchev–Trinajstić information content (AvgIpc) is 3.21. The van der Waals surface area contributed by atoms with Gasteiger partial charge in [0.1, 0.15) is 6.04 Å². The molecule has 2 rings (SSSR count). The second kappa shape index (κ2) is 6.46. The van der Waals surface area contributed by atoms with Gasteiger partial charge < -0.3 is 16.4 Å². The summed E-state index contributed by atoms with van der Waals surface area (Å²) < 4.78 is 0.884. The van der Waals surface area contributed by atoms with E-state index in [9.17, 15) is 9.59 Å². The third-order valence-electron chi connectivity index (χ3n) is 3.85. The summed E-state index contributed by atoms with van der Waals surface area (Å²) in [5.74, 6) is 0.00986. The molecular formula is C14H20BrN3O2S. The molecule has 5 nitrogen and oxygen atoms in total. The first-order chi connectivity index (χ1) is 9.85. The summed E-state index contributed by atoms with van der Waals surface area (Å²) in [6.07, 6.45) is 2.19. The van der Waals surface area contributed by atoms with Gasteiger partial charge in [-0.05, 0) is 60.7 Å². The van der Waals surface area contributed by atoms with Crippen molar-refractivity contribution < 1.29 is 9.59 Å². The fourth-order valence-electron chi connectivity index (χ4n) is 2.20. The predicted molar refractivity (Wildman–Crippen MR) is 87.3 cm³/mol. The highest BCUT2D eigenvalue weighted by Crippen LogP contribution is 2.38. The maximum absolute atomic E-state index is 12.2. The number of rotatable bonds is 6. The smallest absolute Gasteiger partial charge is 0.262 e. The van der Waals surface area contributed by atoms with Crippen LogP contribution in [0.15, 0.2) is 15.9 Å². The van der Waals surface area contributed by atoms with E-state index in [1.165, 1.54) is 11.3 Å². The average molecular weight is 374 g/mol. The molecule has 0 saturated heterocycles. The van der Waals surface area contributed by atoms with Gasteiger partial charge in [0.2, 0.25) is 5.91 Å². The molecule has 1 aliphatic carbocycles. The normalized spacial score (nSPS) is 18.7. The van der Waals surface area contributed by atoms with Gasteiger partial charge in [0.15, 0.2) is 0 Å². The lowest BCUT2D eigenvalue weighted by Crippen LogP contribution is -2.57. The van der Waals surface area contributed by atoms with E-state index in [2.05, 4.69) is 26.6 Å². The Labute approximate surface area is 136 Å². The largest absolute Gasteiger partial charge is 0.348 e. The summed E-state index contributed by atoms with van der Waals surface area (Å²) in [6, 6.07) is 2.94. The van der Waals surface area contributed by atoms with Crippen LogP contribution in [0.4, 0.5) is 0 Å². The minimum atomic E-state index is -0.594. The molecule has 21 heavy (non-hydrogen) atoms. The highest BCUT2D eigenvalue weighted by Gasteiger charge is 2.42. The summed E-state index contributed by atoms with van der Waals surface area (Å²) >= 11 is 4.65. The summed E-state index contributed by atoms with van der Waals surface area (Å²) in [7, 11) is 0. The quantitative estimate of drug-likeness (QED) is 0.711. The third kappa shape index (κ3) is 4.05. The molecule has 1 fully saturated rings. The molecule has 0 aliphatic heterocycles. The van der Waals surface area contributed by atoms with Crippen molar-refractivity contribution in [3.8, 4) is 0 Å². The second-order valence-corrected chi connectivity index (χ2v) is 8.15. The van der Waals surface area contributed by atoms with Gasteiger partial charge in [-0.25, -0.2) is 0 Å². The number of nitrogens with one attached hydrogen (secondary N) is 2. The minimum Gasteiger partial charge on any atom is -0.348 e. The van der Waals surface area contributed by atoms with Crippen molar-refractivity contribution in [2.75, 3.05) is 6.54 Å². The fraction of sp³-hybridized carbons (Fsp3) is 0.571. The standard InChI is InChI=1S/C14H20BrN3O2S/c1-8(17-13(20)10-5-6-11(15)21-10)12(19)18-14(2,7-16)9-3-4-9/h5-6,8-9H,3-4,7,16H2,1-2H3,(H,17,20)(H,18,19). The Hall–Kier alpha value is -0.920. The molecule has 1 aliphatic rings. The van der Waals surface area contributed by atoms with Gasteiger partial charge in [0.25, 0.3) is 5.91 Å². The first kappa shape index (κ1) is 16.5. The van der Waals surface area contributed by atoms with Crippen molar-refractivity contribution in [3.63, 3.8) is 0 Å². The number of thiophene rings is 1. The van der Waals surface area contributed by atoms with Crippen molar-refractivity contribution in [1.29, 1.82) is 0 Å². The Morgan fingerprint density at radius 1 is 1.52 bits per heavy atom. The SMILES string of the molecule is CC(NC(=O)c1ccc(Br)s1)C(=O)NC(C)(CN)C1CC1. The maximum Gasteiger partial charge on any atom is 0.262 e. The van der Waals surface area contributed by atoms with E-state index < -0.39 is 6.04 Å². The number of carbonyl (C=O) groups excluding carboxylic acids is 2. The molecule has 1 aromatic rings. The third-order valence-corrected chi connectivity index (χ3v) is 5.47. The number of carbonyl (C=O) groups is 2. The summed E-state index contributed by atoms with van der Waals surface area (Å²) in [5, 5.41) is 5.70. The molecule has 0 bridgehead atoms. The van der Waals surface area contributed by atoms with E-state index in [0.717, 1.165) is 16.6 Å². The number of amides is 2. The number of nitrogens with two attached hydrogens (primary N) is 1. The lowest BCUT2D eigenvalue weighted by atomic mass is 9.95. The van der Waals surface area contributed by atoms with Gasteiger partial charge in [-0.15, -0.1) is 11.3 Å². The van der Waals surface area contributed by atoms with Gasteiger partial charge in [-0.3, -0.25) is 9.59 Å². The molecule has 1 aromatic heterocycles. The van der Waals surface area contributed by atoms with Gasteiger partial charge in [-0.2, -0.15) is 0 Å². The van der Waals surface area contributed by atoms with Gasteiger partial charge in [0.05, 0.1) is 14.2 Å². The van der Waals surface area contributed by atoms with Crippen molar-refractivity contribution in [1.82, 2.24) is 10.6 Å². The van der Waals surface area contributed by atoms with Crippen LogP contribution in [0.1, 0.15) is 36.4 Å². The number of halogens is 1. The van der Waals surface area contributed by atoms with Gasteiger partial charge in [-0.1, -0.05) is 0 Å². The maximum atomic E-state index is 12.2. The predicted octanol–water partition coefficient (Wildman–Crippen LogP) is 1.87. The zero-order valence-corrected chi connectivity index (χ0v) is 14.5. The molecule has 2 amide bonds. The Morgan fingerprint density at radius 3 is 2.67 bits per heavy atom. The lowest BCUT2D eigenvalue weighted by molar-refractivity contribution is -0.124. The Kier molecular flexibility index (Phi) is 5.06. The monoisotopic (exact) mass is 373 g/mol. The Bertz CT molecular complexity index is 544. The van der Waals surface area contributed by atoms with Crippen LogP contribution < -0.4 is 16.4 Å². The van der Waals surface area contributed by atoms with Crippen LogP contribution in [0.2, 0.25) is 0 Å². The summed E-state index contributed by atoms with van der Waals surface area (Å²) in [5.41, 5.74) is 5.41. The van der Waals surface area contributed by atoms with Crippen LogP contribution in [0.5, 0.6) is 0 Å². The topological polar surface area (TPSA) is 84.2 Å². The van der Waals surface area contributed by atoms with Crippen molar-refractivity contribution in [2.45, 2.75) is 38.3 Å². The van der Waals surface area contributed by atoms with Crippen LogP contribution in [0.25, 0.3) is 0 Å². The van der Waals surface area contributed by atoms with Crippen LogP contribution >= 0.6 is 27.3 Å². The molecule has 7 heteroatoms. The van der Waals surface area contributed by atoms with E-state index in [1.54, 1.807) is 13.0 Å². The van der Waals surface area contributed by atoms with Crippen LogP contribution in [-0.4, -0.2) is 29.9 Å². The molecular weight excluding hydrogens is 354 g/mol. The summed E-state index contributed by atoms with van der Waals surface area (Å²) in [6.45, 7) is 4.05. The first-order valence-electron chi connectivity index (χ1n) is 6.94. The highest BCUT2D eigenvalue weighted by molar-refractivity contribution is 9.11. The van der Waals surface area contributed by atoms with Crippen molar-refractivity contribution >= 4 is 39.1 Å². The zero-order valence-electron chi connectivity index (χ0n) is 12.1. The van der Waals surface area contributed by atoms with Crippen LogP contribution in [0.3, 0.4) is 0 Å². The molecule has 0 radical (unpaired) electrons. The molecule has 116 valence electrons. The molecule has 0 spiro atoms. The molecule has 1 heterocycles. The van der Waals surface area contributed by atoms with E-state index in [-0.39, 0.29) is 17.4 Å². The number of hydrogen-bond donors (Lipinski definition) is 3. The minimum absolute atomic E-state index is 0.196. The second-order valence-electron chi connectivity index (χ2n) is 5.68. The van der Waals surface area contributed by atoms with Crippen molar-refractivity contribution in [2.24, 2.45) is 11.7 Å². The molecule has 1 saturated carbocycles. The zero-order chi connectivity index (χ0) is 15.6. The molecule has 2 unspecified atom stereocenters. The highest BCUT2D eigenvalue weighted by atomic mass is 79.9. The van der Waals surface area contributed by atoms with E-state index in [1.807, 2.05) is 13.0 Å². The van der Waals surface area contributed by atoms with Gasteiger partial charge in [0, 0.05) is 6.54 Å². The fourth-order valence-corrected chi connectivity index (χ4v) is 3.49. The van der Waals surface area contributed by atoms with E-state index in [0.29, 0.717) is 17.3 Å². The van der Waals surface area contributed by atoms with Crippen molar-refractivity contribution in [3.05, 3.63) is 20.8 Å². The molecule has 2 atom stereocenters. The van der Waals surface area contributed by atoms with E-state index >= 15 is 0 Å². The summed E-state index contributed by atoms with van der Waals surface area (Å²) in [4.78, 5) is 24.8. The van der Waals surface area contributed by atoms with Gasteiger partial charge >= 0.3 is 0 Å². The number of hydrogen-bond acceptors (Lipinski definition) is 4. The van der Waals surface area contributed by atoms with Crippen LogP contribution in [0, 0.1) is 5.92 Å². The Morgan fingerprint density at radius 2 is 2.19 bits per heavy atom.